The van der Waals surface area contributed by atoms with Crippen molar-refractivity contribution in [2.45, 2.75) is 13.5 Å². The molecule has 0 unspecified atom stereocenters. The van der Waals surface area contributed by atoms with Crippen LogP contribution in [0.5, 0.6) is 11.5 Å². The van der Waals surface area contributed by atoms with Crippen molar-refractivity contribution < 1.29 is 23.0 Å². The van der Waals surface area contributed by atoms with Crippen molar-refractivity contribution in [1.82, 2.24) is 0 Å². The molecule has 0 atom stereocenters. The van der Waals surface area contributed by atoms with Gasteiger partial charge in [-0.1, -0.05) is 22.0 Å². The van der Waals surface area contributed by atoms with E-state index in [0.29, 0.717) is 0 Å². The second kappa shape index (κ2) is 6.54. The molecule has 0 aliphatic heterocycles. The van der Waals surface area contributed by atoms with E-state index in [9.17, 15) is 13.6 Å². The number of hydrogen-bond donors (Lipinski definition) is 0. The average Bonchev–Trinajstić information content (AvgIpc) is 2.30. The van der Waals surface area contributed by atoms with Crippen LogP contribution in [0.2, 0.25) is 0 Å². The molecule has 1 aromatic carbocycles. The first-order valence-corrected chi connectivity index (χ1v) is 6.02. The molecule has 3 nitrogen and oxygen atoms in total. The highest BCUT2D eigenvalue weighted by Gasteiger charge is 2.18. The van der Waals surface area contributed by atoms with Gasteiger partial charge in [-0.25, -0.2) is 0 Å². The lowest BCUT2D eigenvalue weighted by molar-refractivity contribution is -0.0515. The molecular weight excluding hydrogens is 298 g/mol. The van der Waals surface area contributed by atoms with E-state index in [1.807, 2.05) is 0 Å². The Bertz CT molecular complexity index is 396. The molecule has 1 aromatic rings. The first-order chi connectivity index (χ1) is 8.10. The molecule has 0 radical (unpaired) electrons. The number of ketones is 1. The van der Waals surface area contributed by atoms with E-state index in [1.165, 1.54) is 18.2 Å². The number of para-hydroxylation sites is 1. The third kappa shape index (κ3) is 3.66. The Morgan fingerprint density at radius 3 is 2.71 bits per heavy atom. The van der Waals surface area contributed by atoms with Gasteiger partial charge in [0.1, 0.15) is 0 Å². The lowest BCUT2D eigenvalue weighted by Gasteiger charge is -2.13. The molecule has 0 spiro atoms. The molecule has 0 aliphatic carbocycles. The van der Waals surface area contributed by atoms with Crippen LogP contribution in [0.15, 0.2) is 18.2 Å². The average molecular weight is 309 g/mol. The summed E-state index contributed by atoms with van der Waals surface area (Å²) in [4.78, 5) is 11.6. The Hall–Kier alpha value is -1.17. The van der Waals surface area contributed by atoms with E-state index in [-0.39, 0.29) is 34.8 Å². The number of alkyl halides is 3. The third-order valence-corrected chi connectivity index (χ3v) is 2.41. The van der Waals surface area contributed by atoms with Crippen molar-refractivity contribution >= 4 is 21.7 Å². The Kier molecular flexibility index (Phi) is 5.34. The van der Waals surface area contributed by atoms with Crippen LogP contribution < -0.4 is 9.47 Å². The van der Waals surface area contributed by atoms with Crippen molar-refractivity contribution in [1.29, 1.82) is 0 Å². The lowest BCUT2D eigenvalue weighted by Crippen LogP contribution is -2.09. The predicted molar refractivity (Wildman–Crippen MR) is 62.4 cm³/mol. The molecule has 0 heterocycles. The van der Waals surface area contributed by atoms with E-state index >= 15 is 0 Å². The van der Waals surface area contributed by atoms with Gasteiger partial charge >= 0.3 is 6.61 Å². The predicted octanol–water partition coefficient (Wildman–Crippen LogP) is 3.26. The van der Waals surface area contributed by atoms with Crippen molar-refractivity contribution in [3.05, 3.63) is 23.8 Å². The van der Waals surface area contributed by atoms with Crippen LogP contribution >= 0.6 is 15.9 Å². The van der Waals surface area contributed by atoms with Gasteiger partial charge in [-0.2, -0.15) is 8.78 Å². The van der Waals surface area contributed by atoms with E-state index in [4.69, 9.17) is 4.74 Å². The van der Waals surface area contributed by atoms with Gasteiger partial charge in [0.25, 0.3) is 0 Å². The quantitative estimate of drug-likeness (QED) is 0.598. The molecule has 94 valence electrons. The number of ether oxygens (including phenoxy) is 2. The Morgan fingerprint density at radius 1 is 1.47 bits per heavy atom. The number of carbonyl (C=O) groups is 1. The smallest absolute Gasteiger partial charge is 0.387 e. The summed E-state index contributed by atoms with van der Waals surface area (Å²) in [7, 11) is 0. The summed E-state index contributed by atoms with van der Waals surface area (Å²) < 4.78 is 33.9. The van der Waals surface area contributed by atoms with Crippen molar-refractivity contribution in [2.75, 3.05) is 11.9 Å². The molecule has 0 aliphatic rings. The molecule has 1 rings (SSSR count). The van der Waals surface area contributed by atoms with Gasteiger partial charge in [-0.05, 0) is 19.1 Å². The summed E-state index contributed by atoms with van der Waals surface area (Å²) >= 11 is 3.02. The minimum Gasteiger partial charge on any atom is -0.489 e. The summed E-state index contributed by atoms with van der Waals surface area (Å²) in [6.07, 6.45) is 0. The molecule has 0 saturated carbocycles. The molecule has 0 saturated heterocycles. The molecule has 0 aromatic heterocycles. The zero-order valence-corrected chi connectivity index (χ0v) is 10.7. The summed E-state index contributed by atoms with van der Waals surface area (Å²) in [5, 5.41) is 0.0885. The van der Waals surface area contributed by atoms with Gasteiger partial charge in [0.15, 0.2) is 17.3 Å². The Balaban J connectivity index is 3.16. The molecule has 6 heteroatoms. The fourth-order valence-corrected chi connectivity index (χ4v) is 1.59. The van der Waals surface area contributed by atoms with Gasteiger partial charge in [-0.15, -0.1) is 0 Å². The van der Waals surface area contributed by atoms with E-state index in [1.54, 1.807) is 6.92 Å². The van der Waals surface area contributed by atoms with Gasteiger partial charge < -0.3 is 9.47 Å². The molecule has 0 fully saturated rings. The molecule has 17 heavy (non-hydrogen) atoms. The largest absolute Gasteiger partial charge is 0.489 e. The van der Waals surface area contributed by atoms with Crippen molar-refractivity contribution in [2.24, 2.45) is 0 Å². The summed E-state index contributed by atoms with van der Waals surface area (Å²) in [6.45, 7) is -1.00. The zero-order valence-electron chi connectivity index (χ0n) is 9.08. The molecule has 0 bridgehead atoms. The van der Waals surface area contributed by atoms with Gasteiger partial charge in [0.05, 0.1) is 17.5 Å². The third-order valence-electron chi connectivity index (χ3n) is 1.91. The number of rotatable bonds is 6. The normalized spacial score (nSPS) is 10.4. The standard InChI is InChI=1S/C11H11BrF2O3/c1-2-16-10-7(8(15)6-12)4-3-5-9(10)17-11(13)14/h3-5,11H,2,6H2,1H3. The number of halogens is 3. The SMILES string of the molecule is CCOc1c(OC(F)F)cccc1C(=O)CBr. The Labute approximate surface area is 106 Å². The van der Waals surface area contributed by atoms with Gasteiger partial charge in [0, 0.05) is 0 Å². The van der Waals surface area contributed by atoms with Crippen molar-refractivity contribution in [3.8, 4) is 11.5 Å². The topological polar surface area (TPSA) is 35.5 Å². The first kappa shape index (κ1) is 13.9. The maximum Gasteiger partial charge on any atom is 0.387 e. The second-order valence-electron chi connectivity index (χ2n) is 3.00. The monoisotopic (exact) mass is 308 g/mol. The highest BCUT2D eigenvalue weighted by Crippen LogP contribution is 2.33. The number of hydrogen-bond acceptors (Lipinski definition) is 3. The van der Waals surface area contributed by atoms with Crippen LogP contribution in [0, 0.1) is 0 Å². The lowest BCUT2D eigenvalue weighted by atomic mass is 10.1. The zero-order chi connectivity index (χ0) is 12.8. The van der Waals surface area contributed by atoms with Crippen LogP contribution in [0.25, 0.3) is 0 Å². The fourth-order valence-electron chi connectivity index (χ4n) is 1.29. The summed E-state index contributed by atoms with van der Waals surface area (Å²) in [6, 6.07) is 4.31. The van der Waals surface area contributed by atoms with E-state index in [0.717, 1.165) is 0 Å². The molecular formula is C11H11BrF2O3. The minimum absolute atomic E-state index is 0.0553. The Morgan fingerprint density at radius 2 is 2.18 bits per heavy atom. The highest BCUT2D eigenvalue weighted by atomic mass is 79.9. The minimum atomic E-state index is -2.96. The van der Waals surface area contributed by atoms with Gasteiger partial charge in [0.2, 0.25) is 0 Å². The van der Waals surface area contributed by atoms with E-state index in [2.05, 4.69) is 20.7 Å². The maximum absolute atomic E-state index is 12.2. The van der Waals surface area contributed by atoms with Crippen LogP contribution in [-0.2, 0) is 0 Å². The number of carbonyl (C=O) groups excluding carboxylic acids is 1. The molecule has 0 amide bonds. The maximum atomic E-state index is 12.2. The van der Waals surface area contributed by atoms with Crippen LogP contribution in [0.1, 0.15) is 17.3 Å². The first-order valence-electron chi connectivity index (χ1n) is 4.90. The van der Waals surface area contributed by atoms with Gasteiger partial charge in [-0.3, -0.25) is 4.79 Å². The van der Waals surface area contributed by atoms with Crippen LogP contribution in [0.3, 0.4) is 0 Å². The highest BCUT2D eigenvalue weighted by molar-refractivity contribution is 9.09. The fraction of sp³-hybridized carbons (Fsp3) is 0.364. The number of benzene rings is 1. The van der Waals surface area contributed by atoms with Crippen LogP contribution in [-0.4, -0.2) is 24.3 Å². The number of Topliss-reactive ketones (excluding diaryl/α,β-unsaturated/α-hetero) is 1. The summed E-state index contributed by atoms with van der Waals surface area (Å²) in [5.41, 5.74) is 0.224. The molecule has 0 N–H and O–H groups in total. The van der Waals surface area contributed by atoms with E-state index < -0.39 is 6.61 Å². The second-order valence-corrected chi connectivity index (χ2v) is 3.56. The van der Waals surface area contributed by atoms with Crippen LogP contribution in [0.4, 0.5) is 8.78 Å². The summed E-state index contributed by atoms with van der Waals surface area (Å²) in [5.74, 6) is -0.332. The van der Waals surface area contributed by atoms with Crippen molar-refractivity contribution in [3.63, 3.8) is 0 Å².